The van der Waals surface area contributed by atoms with E-state index in [-0.39, 0.29) is 11.9 Å². The van der Waals surface area contributed by atoms with E-state index in [0.717, 1.165) is 48.7 Å². The quantitative estimate of drug-likeness (QED) is 0.481. The molecular formula is C27H28N5O3P. The number of piperazine rings is 1. The van der Waals surface area contributed by atoms with Crippen molar-refractivity contribution >= 4 is 38.3 Å². The molecule has 0 radical (unpaired) electrons. The number of rotatable bonds is 6. The first kappa shape index (κ1) is 23.1. The molecular weight excluding hydrogens is 473 g/mol. The predicted octanol–water partition coefficient (Wildman–Crippen LogP) is 3.32. The summed E-state index contributed by atoms with van der Waals surface area (Å²) in [5.41, 5.74) is 3.78. The zero-order valence-electron chi connectivity index (χ0n) is 20.0. The average Bonchev–Trinajstić information content (AvgIpc) is 3.81. The van der Waals surface area contributed by atoms with Gasteiger partial charge in [0.05, 0.1) is 28.6 Å². The summed E-state index contributed by atoms with van der Waals surface area (Å²) in [6.45, 7) is 1.96. The first-order valence-corrected chi connectivity index (χ1v) is 13.5. The van der Waals surface area contributed by atoms with E-state index in [2.05, 4.69) is 25.5 Å². The Bertz CT molecular complexity index is 1330. The van der Waals surface area contributed by atoms with Gasteiger partial charge < -0.3 is 15.1 Å². The van der Waals surface area contributed by atoms with Gasteiger partial charge in [-0.25, -0.2) is 4.98 Å². The summed E-state index contributed by atoms with van der Waals surface area (Å²) < 4.78 is 0. The van der Waals surface area contributed by atoms with Crippen molar-refractivity contribution in [2.24, 2.45) is 5.92 Å². The van der Waals surface area contributed by atoms with Gasteiger partial charge in [0.1, 0.15) is 11.9 Å². The van der Waals surface area contributed by atoms with Crippen LogP contribution in [0.25, 0.3) is 11.1 Å². The van der Waals surface area contributed by atoms with Crippen LogP contribution in [0.15, 0.2) is 24.3 Å². The van der Waals surface area contributed by atoms with E-state index < -0.39 is 11.7 Å². The number of anilines is 2. The largest absolute Gasteiger partial charge is 0.352 e. The molecule has 3 fully saturated rings. The standard InChI is InChI=1S/C27H28N5O3P/c28-13-17-12-20(18-2-1-3-19-24(18)30-27(35)25(19)34)23(16-6-7-16)29-26(17)31-9-10-32(22(33)8-11-36)21(14-31)15-4-5-15/h1-3,12,15-16,21H,4-11,14,36H2,(H,30,34,35). The molecule has 1 saturated heterocycles. The van der Waals surface area contributed by atoms with Crippen molar-refractivity contribution in [2.45, 2.75) is 44.1 Å². The lowest BCUT2D eigenvalue weighted by molar-refractivity contribution is -0.134. The van der Waals surface area contributed by atoms with Gasteiger partial charge in [0.2, 0.25) is 5.91 Å². The minimum atomic E-state index is -0.629. The molecule has 2 unspecified atom stereocenters. The Hall–Kier alpha value is -3.30. The molecule has 2 aromatic rings. The number of nitrogens with one attached hydrogen (secondary N) is 1. The van der Waals surface area contributed by atoms with Gasteiger partial charge in [0.15, 0.2) is 0 Å². The van der Waals surface area contributed by atoms with Crippen LogP contribution >= 0.6 is 9.24 Å². The number of hydrogen-bond acceptors (Lipinski definition) is 6. The Morgan fingerprint density at radius 3 is 2.61 bits per heavy atom. The van der Waals surface area contributed by atoms with E-state index in [9.17, 15) is 19.6 Å². The number of benzene rings is 1. The topological polar surface area (TPSA) is 106 Å². The van der Waals surface area contributed by atoms with Gasteiger partial charge >= 0.3 is 0 Å². The lowest BCUT2D eigenvalue weighted by Gasteiger charge is -2.42. The van der Waals surface area contributed by atoms with Gasteiger partial charge in [0, 0.05) is 43.1 Å². The van der Waals surface area contributed by atoms with Crippen molar-refractivity contribution in [1.29, 1.82) is 5.26 Å². The Labute approximate surface area is 212 Å². The Balaban J connectivity index is 1.39. The summed E-state index contributed by atoms with van der Waals surface area (Å²) in [5, 5.41) is 12.9. The third kappa shape index (κ3) is 3.96. The molecule has 2 saturated carbocycles. The molecule has 184 valence electrons. The summed E-state index contributed by atoms with van der Waals surface area (Å²) in [7, 11) is 2.64. The Morgan fingerprint density at radius 1 is 1.14 bits per heavy atom. The third-order valence-corrected chi connectivity index (χ3v) is 8.01. The number of para-hydroxylation sites is 1. The number of aromatic nitrogens is 1. The predicted molar refractivity (Wildman–Crippen MR) is 139 cm³/mol. The van der Waals surface area contributed by atoms with Crippen LogP contribution in [0.3, 0.4) is 0 Å². The smallest absolute Gasteiger partial charge is 0.296 e. The van der Waals surface area contributed by atoms with Crippen molar-refractivity contribution in [3.05, 3.63) is 41.1 Å². The molecule has 1 aromatic carbocycles. The van der Waals surface area contributed by atoms with Crippen molar-refractivity contribution in [3.8, 4) is 17.2 Å². The molecule has 9 heteroatoms. The van der Waals surface area contributed by atoms with Crippen molar-refractivity contribution in [1.82, 2.24) is 9.88 Å². The van der Waals surface area contributed by atoms with Gasteiger partial charge in [-0.3, -0.25) is 14.4 Å². The first-order chi connectivity index (χ1) is 17.5. The molecule has 0 bridgehead atoms. The van der Waals surface area contributed by atoms with Crippen molar-refractivity contribution in [2.75, 3.05) is 36.0 Å². The molecule has 4 aliphatic rings. The summed E-state index contributed by atoms with van der Waals surface area (Å²) in [4.78, 5) is 46.4. The van der Waals surface area contributed by atoms with Gasteiger partial charge in [-0.15, -0.1) is 9.24 Å². The van der Waals surface area contributed by atoms with Crippen LogP contribution < -0.4 is 10.2 Å². The fraction of sp³-hybridized carbons (Fsp3) is 0.444. The highest BCUT2D eigenvalue weighted by Gasteiger charge is 2.42. The molecule has 3 heterocycles. The van der Waals surface area contributed by atoms with Gasteiger partial charge in [0.25, 0.3) is 11.7 Å². The lowest BCUT2D eigenvalue weighted by atomic mass is 9.95. The molecule has 2 aliphatic heterocycles. The fourth-order valence-corrected chi connectivity index (χ4v) is 5.83. The van der Waals surface area contributed by atoms with Crippen LogP contribution in [0, 0.1) is 17.2 Å². The maximum absolute atomic E-state index is 12.8. The van der Waals surface area contributed by atoms with Gasteiger partial charge in [-0.1, -0.05) is 12.1 Å². The van der Waals surface area contributed by atoms with Crippen LogP contribution in [-0.2, 0) is 9.59 Å². The molecule has 2 atom stereocenters. The number of amides is 2. The number of Topliss-reactive ketones (excluding diaryl/α,β-unsaturated/α-hetero) is 1. The number of ketones is 1. The van der Waals surface area contributed by atoms with Gasteiger partial charge in [-0.05, 0) is 49.9 Å². The summed E-state index contributed by atoms with van der Waals surface area (Å²) in [6.07, 6.45) is 5.62. The van der Waals surface area contributed by atoms with Crippen LogP contribution in [0.1, 0.15) is 59.6 Å². The second-order valence-electron chi connectivity index (χ2n) is 10.2. The van der Waals surface area contributed by atoms with E-state index in [4.69, 9.17) is 4.98 Å². The van der Waals surface area contributed by atoms with Crippen LogP contribution in [-0.4, -0.2) is 59.3 Å². The molecule has 1 aromatic heterocycles. The molecule has 2 amide bonds. The Kier molecular flexibility index (Phi) is 5.76. The molecule has 8 nitrogen and oxygen atoms in total. The molecule has 1 N–H and O–H groups in total. The van der Waals surface area contributed by atoms with E-state index in [1.165, 1.54) is 0 Å². The monoisotopic (exact) mass is 501 g/mol. The maximum atomic E-state index is 12.8. The highest BCUT2D eigenvalue weighted by molar-refractivity contribution is 7.16. The van der Waals surface area contributed by atoms with Gasteiger partial charge in [-0.2, -0.15) is 5.26 Å². The first-order valence-electron chi connectivity index (χ1n) is 12.7. The fourth-order valence-electron chi connectivity index (χ4n) is 5.58. The molecule has 36 heavy (non-hydrogen) atoms. The molecule has 2 aliphatic carbocycles. The Morgan fingerprint density at radius 2 is 1.92 bits per heavy atom. The average molecular weight is 502 g/mol. The van der Waals surface area contributed by atoms with Crippen molar-refractivity contribution in [3.63, 3.8) is 0 Å². The van der Waals surface area contributed by atoms with E-state index >= 15 is 0 Å². The zero-order valence-corrected chi connectivity index (χ0v) is 21.2. The normalized spacial score (nSPS) is 21.3. The summed E-state index contributed by atoms with van der Waals surface area (Å²) in [5.74, 6) is 0.528. The maximum Gasteiger partial charge on any atom is 0.296 e. The number of carbonyl (C=O) groups excluding carboxylic acids is 3. The second kappa shape index (κ2) is 8.97. The number of pyridine rings is 1. The minimum Gasteiger partial charge on any atom is -0.352 e. The number of fused-ring (bicyclic) bond motifs is 1. The summed E-state index contributed by atoms with van der Waals surface area (Å²) in [6, 6.07) is 9.67. The second-order valence-corrected chi connectivity index (χ2v) is 10.7. The van der Waals surface area contributed by atoms with Crippen molar-refractivity contribution < 1.29 is 14.4 Å². The van der Waals surface area contributed by atoms with E-state index in [1.807, 2.05) is 17.0 Å². The van der Waals surface area contributed by atoms with Crippen LogP contribution in [0.4, 0.5) is 11.5 Å². The summed E-state index contributed by atoms with van der Waals surface area (Å²) >= 11 is 0. The number of hydrogen-bond donors (Lipinski definition) is 1. The number of carbonyl (C=O) groups is 3. The van der Waals surface area contributed by atoms with Crippen LogP contribution in [0.5, 0.6) is 0 Å². The van der Waals surface area contributed by atoms with E-state index in [1.54, 1.807) is 12.1 Å². The highest BCUT2D eigenvalue weighted by atomic mass is 31.0. The lowest BCUT2D eigenvalue weighted by Crippen LogP contribution is -2.56. The SMILES string of the molecule is N#Cc1cc(-c2cccc3c2NC(=O)C3=O)c(C2CC2)nc1N1CCN(C(=O)CCP)C(C2CC2)C1. The third-order valence-electron chi connectivity index (χ3n) is 7.72. The van der Waals surface area contributed by atoms with E-state index in [0.29, 0.717) is 60.5 Å². The zero-order chi connectivity index (χ0) is 25.0. The number of nitrogens with zero attached hydrogens (tertiary/aromatic N) is 4. The van der Waals surface area contributed by atoms with Crippen LogP contribution in [0.2, 0.25) is 0 Å². The number of nitriles is 1. The minimum absolute atomic E-state index is 0.152. The molecule has 6 rings (SSSR count). The highest BCUT2D eigenvalue weighted by Crippen LogP contribution is 2.47. The molecule has 0 spiro atoms.